The summed E-state index contributed by atoms with van der Waals surface area (Å²) < 4.78 is 0. The van der Waals surface area contributed by atoms with Gasteiger partial charge in [0.15, 0.2) is 0 Å². The van der Waals surface area contributed by atoms with E-state index in [0.717, 1.165) is 5.56 Å². The lowest BCUT2D eigenvalue weighted by molar-refractivity contribution is -0.131. The molecule has 19 heavy (non-hydrogen) atoms. The van der Waals surface area contributed by atoms with Crippen LogP contribution >= 0.6 is 0 Å². The van der Waals surface area contributed by atoms with Crippen LogP contribution in [0.4, 0.5) is 0 Å². The first-order valence-electron chi connectivity index (χ1n) is 6.46. The maximum atomic E-state index is 11.7. The zero-order valence-electron chi connectivity index (χ0n) is 11.4. The Morgan fingerprint density at radius 2 is 1.79 bits per heavy atom. The normalized spacial score (nSPS) is 10.4. The van der Waals surface area contributed by atoms with E-state index >= 15 is 0 Å². The van der Waals surface area contributed by atoms with E-state index in [1.165, 1.54) is 6.08 Å². The lowest BCUT2D eigenvalue weighted by Crippen LogP contribution is -2.39. The number of amides is 2. The van der Waals surface area contributed by atoms with Gasteiger partial charge in [-0.1, -0.05) is 30.3 Å². The van der Waals surface area contributed by atoms with Crippen LogP contribution in [0.5, 0.6) is 0 Å². The molecule has 0 heterocycles. The summed E-state index contributed by atoms with van der Waals surface area (Å²) in [6.45, 7) is 5.19. The van der Waals surface area contributed by atoms with Crippen molar-refractivity contribution in [3.05, 3.63) is 42.0 Å². The average molecular weight is 260 g/mol. The van der Waals surface area contributed by atoms with E-state index in [4.69, 9.17) is 0 Å². The third kappa shape index (κ3) is 5.38. The number of benzene rings is 1. The lowest BCUT2D eigenvalue weighted by Gasteiger charge is -2.18. The van der Waals surface area contributed by atoms with Gasteiger partial charge in [0.05, 0.1) is 6.54 Å². The van der Waals surface area contributed by atoms with E-state index < -0.39 is 0 Å². The van der Waals surface area contributed by atoms with Crippen LogP contribution in [0.3, 0.4) is 0 Å². The minimum absolute atomic E-state index is 0.0413. The highest BCUT2D eigenvalue weighted by molar-refractivity contribution is 5.94. The molecule has 1 aromatic rings. The molecule has 0 atom stereocenters. The number of nitrogens with zero attached hydrogens (tertiary/aromatic N) is 1. The molecule has 0 fully saturated rings. The van der Waals surface area contributed by atoms with Gasteiger partial charge in [-0.2, -0.15) is 0 Å². The molecule has 102 valence electrons. The van der Waals surface area contributed by atoms with E-state index in [1.807, 2.05) is 44.2 Å². The molecule has 0 saturated heterocycles. The number of likely N-dealkylation sites (N-methyl/N-ethyl adjacent to an activating group) is 1. The van der Waals surface area contributed by atoms with Crippen LogP contribution in [-0.2, 0) is 9.59 Å². The number of nitrogens with one attached hydrogen (secondary N) is 1. The third-order valence-electron chi connectivity index (χ3n) is 2.76. The summed E-state index contributed by atoms with van der Waals surface area (Å²) in [5, 5.41) is 2.58. The lowest BCUT2D eigenvalue weighted by atomic mass is 10.2. The van der Waals surface area contributed by atoms with Crippen LogP contribution < -0.4 is 5.32 Å². The summed E-state index contributed by atoms with van der Waals surface area (Å²) >= 11 is 0. The smallest absolute Gasteiger partial charge is 0.244 e. The van der Waals surface area contributed by atoms with Gasteiger partial charge < -0.3 is 10.2 Å². The SMILES string of the molecule is CCN(CC)C(=O)CNC(=O)/C=C/c1ccccc1. The number of carbonyl (C=O) groups is 2. The second-order valence-electron chi connectivity index (χ2n) is 4.03. The fourth-order valence-corrected chi connectivity index (χ4v) is 1.65. The maximum absolute atomic E-state index is 11.7. The highest BCUT2D eigenvalue weighted by Gasteiger charge is 2.09. The first kappa shape index (κ1) is 15.0. The molecule has 0 aliphatic carbocycles. The van der Waals surface area contributed by atoms with Crippen molar-refractivity contribution >= 4 is 17.9 Å². The van der Waals surface area contributed by atoms with Gasteiger partial charge in [0.2, 0.25) is 11.8 Å². The molecule has 1 N–H and O–H groups in total. The van der Waals surface area contributed by atoms with Crippen LogP contribution in [0.1, 0.15) is 19.4 Å². The zero-order chi connectivity index (χ0) is 14.1. The Kier molecular flexibility index (Phi) is 6.36. The summed E-state index contributed by atoms with van der Waals surface area (Å²) in [5.41, 5.74) is 0.952. The van der Waals surface area contributed by atoms with E-state index in [-0.39, 0.29) is 18.4 Å². The average Bonchev–Trinajstić information content (AvgIpc) is 2.45. The molecule has 1 aromatic carbocycles. The second kappa shape index (κ2) is 8.08. The summed E-state index contributed by atoms with van der Waals surface area (Å²) in [4.78, 5) is 24.9. The quantitative estimate of drug-likeness (QED) is 0.791. The van der Waals surface area contributed by atoms with Crippen LogP contribution in [0.25, 0.3) is 6.08 Å². The maximum Gasteiger partial charge on any atom is 0.244 e. The fourth-order valence-electron chi connectivity index (χ4n) is 1.65. The van der Waals surface area contributed by atoms with Crippen molar-refractivity contribution in [2.45, 2.75) is 13.8 Å². The van der Waals surface area contributed by atoms with Crippen LogP contribution in [0.15, 0.2) is 36.4 Å². The van der Waals surface area contributed by atoms with E-state index in [0.29, 0.717) is 13.1 Å². The van der Waals surface area contributed by atoms with Crippen molar-refractivity contribution in [2.24, 2.45) is 0 Å². The monoisotopic (exact) mass is 260 g/mol. The third-order valence-corrected chi connectivity index (χ3v) is 2.76. The predicted molar refractivity (Wildman–Crippen MR) is 76.4 cm³/mol. The molecule has 0 saturated carbocycles. The fraction of sp³-hybridized carbons (Fsp3) is 0.333. The molecule has 4 nitrogen and oxygen atoms in total. The van der Waals surface area contributed by atoms with Gasteiger partial charge in [-0.3, -0.25) is 9.59 Å². The Balaban J connectivity index is 2.40. The van der Waals surface area contributed by atoms with Crippen LogP contribution in [-0.4, -0.2) is 36.3 Å². The van der Waals surface area contributed by atoms with Crippen molar-refractivity contribution in [2.75, 3.05) is 19.6 Å². The molecular formula is C15H20N2O2. The van der Waals surface area contributed by atoms with Crippen molar-refractivity contribution in [1.29, 1.82) is 0 Å². The molecule has 1 rings (SSSR count). The summed E-state index contributed by atoms with van der Waals surface area (Å²) in [7, 11) is 0. The minimum Gasteiger partial charge on any atom is -0.343 e. The molecule has 0 unspecified atom stereocenters. The molecule has 0 spiro atoms. The molecule has 2 amide bonds. The number of rotatable bonds is 6. The number of hydrogen-bond acceptors (Lipinski definition) is 2. The predicted octanol–water partition coefficient (Wildman–Crippen LogP) is 1.68. The Hall–Kier alpha value is -2.10. The van der Waals surface area contributed by atoms with Crippen LogP contribution in [0.2, 0.25) is 0 Å². The molecule has 0 bridgehead atoms. The standard InChI is InChI=1S/C15H20N2O2/c1-3-17(4-2)15(19)12-16-14(18)11-10-13-8-6-5-7-9-13/h5-11H,3-4,12H2,1-2H3,(H,16,18)/b11-10+. The van der Waals surface area contributed by atoms with Crippen molar-refractivity contribution < 1.29 is 9.59 Å². The topological polar surface area (TPSA) is 49.4 Å². The van der Waals surface area contributed by atoms with Gasteiger partial charge in [0, 0.05) is 19.2 Å². The zero-order valence-corrected chi connectivity index (χ0v) is 11.4. The molecule has 0 aliphatic heterocycles. The van der Waals surface area contributed by atoms with Crippen molar-refractivity contribution in [1.82, 2.24) is 10.2 Å². The largest absolute Gasteiger partial charge is 0.343 e. The summed E-state index contributed by atoms with van der Waals surface area (Å²) in [6.07, 6.45) is 3.15. The van der Waals surface area contributed by atoms with E-state index in [9.17, 15) is 9.59 Å². The highest BCUT2D eigenvalue weighted by Crippen LogP contribution is 2.00. The van der Waals surface area contributed by atoms with Crippen molar-refractivity contribution in [3.63, 3.8) is 0 Å². The summed E-state index contributed by atoms with van der Waals surface area (Å²) in [6, 6.07) is 9.54. The molecular weight excluding hydrogens is 240 g/mol. The first-order valence-corrected chi connectivity index (χ1v) is 6.46. The van der Waals surface area contributed by atoms with E-state index in [2.05, 4.69) is 5.32 Å². The molecule has 0 aromatic heterocycles. The number of hydrogen-bond donors (Lipinski definition) is 1. The van der Waals surface area contributed by atoms with Gasteiger partial charge in [-0.15, -0.1) is 0 Å². The minimum atomic E-state index is -0.260. The van der Waals surface area contributed by atoms with Crippen LogP contribution in [0, 0.1) is 0 Å². The van der Waals surface area contributed by atoms with Gasteiger partial charge in [0.25, 0.3) is 0 Å². The summed E-state index contributed by atoms with van der Waals surface area (Å²) in [5.74, 6) is -0.323. The Morgan fingerprint density at radius 1 is 1.16 bits per heavy atom. The van der Waals surface area contributed by atoms with Gasteiger partial charge in [-0.05, 0) is 25.5 Å². The van der Waals surface area contributed by atoms with Gasteiger partial charge in [0.1, 0.15) is 0 Å². The van der Waals surface area contributed by atoms with E-state index in [1.54, 1.807) is 11.0 Å². The Morgan fingerprint density at radius 3 is 2.37 bits per heavy atom. The first-order chi connectivity index (χ1) is 9.17. The molecule has 0 aliphatic rings. The number of carbonyl (C=O) groups excluding carboxylic acids is 2. The second-order valence-corrected chi connectivity index (χ2v) is 4.03. The van der Waals surface area contributed by atoms with Crippen molar-refractivity contribution in [3.8, 4) is 0 Å². The van der Waals surface area contributed by atoms with Gasteiger partial charge in [-0.25, -0.2) is 0 Å². The highest BCUT2D eigenvalue weighted by atomic mass is 16.2. The van der Waals surface area contributed by atoms with Gasteiger partial charge >= 0.3 is 0 Å². The Labute approximate surface area is 114 Å². The Bertz CT molecular complexity index is 437. The molecule has 4 heteroatoms. The molecule has 0 radical (unpaired) electrons.